The molecule has 3 amide bonds. The van der Waals surface area contributed by atoms with Crippen LogP contribution in [-0.2, 0) is 11.3 Å². The van der Waals surface area contributed by atoms with Gasteiger partial charge in [-0.25, -0.2) is 4.79 Å². The monoisotopic (exact) mass is 440 g/mol. The maximum atomic E-state index is 12.5. The molecule has 0 bridgehead atoms. The van der Waals surface area contributed by atoms with Crippen LogP contribution < -0.4 is 10.6 Å². The summed E-state index contributed by atoms with van der Waals surface area (Å²) in [6, 6.07) is 12.0. The van der Waals surface area contributed by atoms with Gasteiger partial charge in [-0.3, -0.25) is 9.69 Å². The Labute approximate surface area is 188 Å². The third kappa shape index (κ3) is 5.86. The molecule has 1 aromatic carbocycles. The van der Waals surface area contributed by atoms with Crippen LogP contribution in [0.5, 0.6) is 0 Å². The lowest BCUT2D eigenvalue weighted by molar-refractivity contribution is -0.128. The van der Waals surface area contributed by atoms with Gasteiger partial charge in [-0.1, -0.05) is 25.1 Å². The molecule has 2 N–H and O–H groups in total. The van der Waals surface area contributed by atoms with E-state index in [1.54, 1.807) is 11.3 Å². The van der Waals surface area contributed by atoms with Gasteiger partial charge in [-0.05, 0) is 67.4 Å². The van der Waals surface area contributed by atoms with Crippen molar-refractivity contribution in [2.24, 2.45) is 5.92 Å². The molecule has 1 aromatic heterocycles. The topological polar surface area (TPSA) is 64.7 Å². The maximum Gasteiger partial charge on any atom is 0.319 e. The fourth-order valence-electron chi connectivity index (χ4n) is 4.38. The number of likely N-dealkylation sites (tertiary alicyclic amines) is 2. The summed E-state index contributed by atoms with van der Waals surface area (Å²) in [5, 5.41) is 8.11. The first-order valence-corrected chi connectivity index (χ1v) is 12.2. The van der Waals surface area contributed by atoms with E-state index < -0.39 is 0 Å². The van der Waals surface area contributed by atoms with Crippen molar-refractivity contribution >= 4 is 29.0 Å². The fourth-order valence-corrected chi connectivity index (χ4v) is 5.24. The summed E-state index contributed by atoms with van der Waals surface area (Å²) >= 11 is 1.75. The molecule has 2 saturated heterocycles. The van der Waals surface area contributed by atoms with Crippen LogP contribution in [0.25, 0.3) is 0 Å². The van der Waals surface area contributed by atoms with E-state index in [0.29, 0.717) is 19.5 Å². The van der Waals surface area contributed by atoms with Gasteiger partial charge in [0.2, 0.25) is 5.91 Å². The van der Waals surface area contributed by atoms with Crippen molar-refractivity contribution in [1.82, 2.24) is 15.1 Å². The van der Waals surface area contributed by atoms with E-state index in [0.717, 1.165) is 43.2 Å². The third-order valence-electron chi connectivity index (χ3n) is 6.34. The van der Waals surface area contributed by atoms with Gasteiger partial charge in [0, 0.05) is 36.6 Å². The number of anilines is 1. The summed E-state index contributed by atoms with van der Waals surface area (Å²) in [5.41, 5.74) is 1.84. The van der Waals surface area contributed by atoms with Gasteiger partial charge in [0.05, 0.1) is 6.04 Å². The second kappa shape index (κ2) is 10.3. The number of rotatable bonds is 7. The molecule has 3 heterocycles. The number of benzene rings is 1. The summed E-state index contributed by atoms with van der Waals surface area (Å²) in [5.74, 6) is 1.01. The van der Waals surface area contributed by atoms with Crippen LogP contribution in [-0.4, -0.2) is 47.9 Å². The number of hydrogen-bond acceptors (Lipinski definition) is 4. The van der Waals surface area contributed by atoms with E-state index in [2.05, 4.69) is 40.0 Å². The first kappa shape index (κ1) is 21.8. The van der Waals surface area contributed by atoms with Crippen LogP contribution in [0, 0.1) is 5.92 Å². The zero-order valence-corrected chi connectivity index (χ0v) is 19.0. The number of nitrogens with one attached hydrogen (secondary N) is 2. The number of carbonyl (C=O) groups is 2. The number of carbonyl (C=O) groups excluding carboxylic acids is 2. The Morgan fingerprint density at radius 2 is 1.94 bits per heavy atom. The fraction of sp³-hybridized carbons (Fsp3) is 0.500. The van der Waals surface area contributed by atoms with Crippen molar-refractivity contribution in [3.63, 3.8) is 0 Å². The van der Waals surface area contributed by atoms with E-state index >= 15 is 0 Å². The molecule has 1 atom stereocenters. The Kier molecular flexibility index (Phi) is 7.25. The normalized spacial score (nSPS) is 18.9. The van der Waals surface area contributed by atoms with Crippen LogP contribution >= 0.6 is 11.3 Å². The number of piperidine rings is 1. The molecule has 2 aliphatic rings. The Hall–Kier alpha value is -2.38. The van der Waals surface area contributed by atoms with Crippen molar-refractivity contribution in [2.75, 3.05) is 31.5 Å². The summed E-state index contributed by atoms with van der Waals surface area (Å²) in [4.78, 5) is 30.0. The van der Waals surface area contributed by atoms with Gasteiger partial charge in [-0.15, -0.1) is 11.3 Å². The Morgan fingerprint density at radius 3 is 2.58 bits per heavy atom. The standard InChI is InChI=1S/C24H32N4O2S/c1-18-10-13-27(14-11-18)21(22-4-3-15-31-22)16-25-24(30)26-20-8-6-19(7-9-20)17-28-12-2-5-23(28)29/h3-4,6-9,15,18,21H,2,5,10-14,16-17H2,1H3,(H2,25,26,30). The first-order chi connectivity index (χ1) is 15.1. The first-order valence-electron chi connectivity index (χ1n) is 11.3. The van der Waals surface area contributed by atoms with Crippen molar-refractivity contribution < 1.29 is 9.59 Å². The van der Waals surface area contributed by atoms with Crippen molar-refractivity contribution in [3.8, 4) is 0 Å². The molecular formula is C24H32N4O2S. The number of amides is 3. The minimum atomic E-state index is -0.186. The van der Waals surface area contributed by atoms with E-state index in [1.807, 2.05) is 29.2 Å². The zero-order valence-electron chi connectivity index (χ0n) is 18.2. The number of urea groups is 1. The zero-order chi connectivity index (χ0) is 21.6. The van der Waals surface area contributed by atoms with Crippen molar-refractivity contribution in [3.05, 3.63) is 52.2 Å². The minimum absolute atomic E-state index is 0.186. The number of hydrogen-bond donors (Lipinski definition) is 2. The molecule has 2 aromatic rings. The summed E-state index contributed by atoms with van der Waals surface area (Å²) in [7, 11) is 0. The van der Waals surface area contributed by atoms with Gasteiger partial charge in [-0.2, -0.15) is 0 Å². The van der Waals surface area contributed by atoms with Crippen molar-refractivity contribution in [1.29, 1.82) is 0 Å². The van der Waals surface area contributed by atoms with Gasteiger partial charge in [0.25, 0.3) is 0 Å². The lowest BCUT2D eigenvalue weighted by Crippen LogP contribution is -2.42. The molecule has 7 heteroatoms. The average Bonchev–Trinajstić information content (AvgIpc) is 3.43. The second-order valence-corrected chi connectivity index (χ2v) is 9.68. The highest BCUT2D eigenvalue weighted by Gasteiger charge is 2.25. The lowest BCUT2D eigenvalue weighted by atomic mass is 9.97. The number of thiophene rings is 1. The SMILES string of the molecule is CC1CCN(C(CNC(=O)Nc2ccc(CN3CCCC3=O)cc2)c2cccs2)CC1. The molecule has 6 nitrogen and oxygen atoms in total. The van der Waals surface area contributed by atoms with Crippen LogP contribution in [0.3, 0.4) is 0 Å². The van der Waals surface area contributed by atoms with Crippen molar-refractivity contribution in [2.45, 2.75) is 45.2 Å². The van der Waals surface area contributed by atoms with Gasteiger partial charge >= 0.3 is 6.03 Å². The number of nitrogens with zero attached hydrogens (tertiary/aromatic N) is 2. The van der Waals surface area contributed by atoms with Gasteiger partial charge in [0.1, 0.15) is 0 Å². The average molecular weight is 441 g/mol. The molecule has 4 rings (SSSR count). The Morgan fingerprint density at radius 1 is 1.16 bits per heavy atom. The van der Waals surface area contributed by atoms with Crippen LogP contribution in [0.15, 0.2) is 41.8 Å². The van der Waals surface area contributed by atoms with Gasteiger partial charge in [0.15, 0.2) is 0 Å². The minimum Gasteiger partial charge on any atom is -0.338 e. The summed E-state index contributed by atoms with van der Waals surface area (Å²) < 4.78 is 0. The molecule has 0 spiro atoms. The molecule has 0 radical (unpaired) electrons. The molecule has 31 heavy (non-hydrogen) atoms. The maximum absolute atomic E-state index is 12.5. The Bertz CT molecular complexity index is 860. The summed E-state index contributed by atoms with van der Waals surface area (Å²) in [6.07, 6.45) is 4.02. The molecule has 166 valence electrons. The van der Waals surface area contributed by atoms with E-state index in [-0.39, 0.29) is 18.0 Å². The molecule has 1 unspecified atom stereocenters. The molecule has 2 fully saturated rings. The molecule has 0 saturated carbocycles. The predicted molar refractivity (Wildman–Crippen MR) is 125 cm³/mol. The third-order valence-corrected chi connectivity index (χ3v) is 7.32. The molecule has 0 aliphatic carbocycles. The second-order valence-electron chi connectivity index (χ2n) is 8.70. The lowest BCUT2D eigenvalue weighted by Gasteiger charge is -2.36. The molecular weight excluding hydrogens is 408 g/mol. The van der Waals surface area contributed by atoms with E-state index in [1.165, 1.54) is 17.7 Å². The molecule has 2 aliphatic heterocycles. The highest BCUT2D eigenvalue weighted by atomic mass is 32.1. The highest BCUT2D eigenvalue weighted by Crippen LogP contribution is 2.29. The van der Waals surface area contributed by atoms with Gasteiger partial charge < -0.3 is 15.5 Å². The smallest absolute Gasteiger partial charge is 0.319 e. The quantitative estimate of drug-likeness (QED) is 0.668. The van der Waals surface area contributed by atoms with Crippen LogP contribution in [0.1, 0.15) is 49.1 Å². The van der Waals surface area contributed by atoms with E-state index in [4.69, 9.17) is 0 Å². The van der Waals surface area contributed by atoms with E-state index in [9.17, 15) is 9.59 Å². The summed E-state index contributed by atoms with van der Waals surface area (Å²) in [6.45, 7) is 6.54. The van der Waals surface area contributed by atoms with Crippen LogP contribution in [0.4, 0.5) is 10.5 Å². The predicted octanol–water partition coefficient (Wildman–Crippen LogP) is 4.47. The Balaban J connectivity index is 1.29. The highest BCUT2D eigenvalue weighted by molar-refractivity contribution is 7.10. The van der Waals surface area contributed by atoms with Crippen LogP contribution in [0.2, 0.25) is 0 Å². The largest absolute Gasteiger partial charge is 0.338 e.